The Morgan fingerprint density at radius 1 is 1.17 bits per heavy atom. The van der Waals surface area contributed by atoms with Gasteiger partial charge in [-0.05, 0) is 59.2 Å². The Labute approximate surface area is 171 Å². The minimum atomic E-state index is -0.300. The first-order valence-corrected chi connectivity index (χ1v) is 10.4. The van der Waals surface area contributed by atoms with Crippen molar-refractivity contribution in [2.45, 2.75) is 43.9 Å². The first kappa shape index (κ1) is 18.4. The van der Waals surface area contributed by atoms with Crippen LogP contribution < -0.4 is 16.2 Å². The van der Waals surface area contributed by atoms with Crippen molar-refractivity contribution in [3.63, 3.8) is 0 Å². The number of nitrogens with two attached hydrogens (primary N) is 2. The second-order valence-electron chi connectivity index (χ2n) is 8.45. The van der Waals surface area contributed by atoms with Crippen LogP contribution in [0.25, 0.3) is 5.57 Å². The lowest BCUT2D eigenvalue weighted by atomic mass is 10.0. The van der Waals surface area contributed by atoms with Gasteiger partial charge in [0.1, 0.15) is 11.9 Å². The lowest BCUT2D eigenvalue weighted by molar-refractivity contribution is -0.117. The molecule has 0 spiro atoms. The van der Waals surface area contributed by atoms with Crippen molar-refractivity contribution in [1.82, 2.24) is 4.90 Å². The molecule has 2 aromatic carbocycles. The molecule has 0 bridgehead atoms. The van der Waals surface area contributed by atoms with E-state index in [0.29, 0.717) is 6.04 Å². The third-order valence-electron chi connectivity index (χ3n) is 6.49. The summed E-state index contributed by atoms with van der Waals surface area (Å²) < 4.78 is 6.61. The number of benzene rings is 2. The van der Waals surface area contributed by atoms with E-state index in [1.807, 2.05) is 6.07 Å². The molecule has 1 heterocycles. The predicted octanol–water partition coefficient (Wildman–Crippen LogP) is 2.58. The van der Waals surface area contributed by atoms with Crippen LogP contribution in [0.1, 0.15) is 41.2 Å². The molecule has 5 nitrogen and oxygen atoms in total. The molecule has 5 heteroatoms. The second-order valence-corrected chi connectivity index (χ2v) is 8.45. The summed E-state index contributed by atoms with van der Waals surface area (Å²) >= 11 is 0. The molecule has 3 aliphatic rings. The number of amides is 1. The van der Waals surface area contributed by atoms with Crippen molar-refractivity contribution in [2.75, 3.05) is 13.1 Å². The standard InChI is InChI=1S/C24H27N3O2/c25-18-9-10-27(14-18)22-11-16-3-1-2-4-20(16)24(22)29-19-8-7-15-5-6-17(12-23(26)28)21(15)13-19/h1-4,6-8,13,18,22,24H,5,9-12,14,25H2,(H2,26,28)/t18?,22-,24-/m1/s1. The van der Waals surface area contributed by atoms with E-state index >= 15 is 0 Å². The van der Waals surface area contributed by atoms with Gasteiger partial charge in [-0.1, -0.05) is 36.4 Å². The van der Waals surface area contributed by atoms with Gasteiger partial charge in [-0.25, -0.2) is 0 Å². The molecular weight excluding hydrogens is 362 g/mol. The smallest absolute Gasteiger partial charge is 0.221 e. The van der Waals surface area contributed by atoms with E-state index < -0.39 is 0 Å². The van der Waals surface area contributed by atoms with Crippen molar-refractivity contribution in [3.05, 3.63) is 70.8 Å². The molecule has 4 N–H and O–H groups in total. The number of primary amides is 1. The fourth-order valence-corrected chi connectivity index (χ4v) is 5.07. The van der Waals surface area contributed by atoms with Crippen LogP contribution in [0.4, 0.5) is 0 Å². The summed E-state index contributed by atoms with van der Waals surface area (Å²) in [5.74, 6) is 0.543. The number of hydrogen-bond acceptors (Lipinski definition) is 4. The van der Waals surface area contributed by atoms with Crippen LogP contribution in [-0.4, -0.2) is 36.0 Å². The molecule has 1 aliphatic heterocycles. The topological polar surface area (TPSA) is 81.6 Å². The number of ether oxygens (including phenoxy) is 1. The van der Waals surface area contributed by atoms with E-state index in [4.69, 9.17) is 16.2 Å². The molecule has 3 atom stereocenters. The molecule has 0 aromatic heterocycles. The van der Waals surface area contributed by atoms with Crippen LogP contribution in [0.15, 0.2) is 48.5 Å². The number of rotatable bonds is 5. The monoisotopic (exact) mass is 389 g/mol. The van der Waals surface area contributed by atoms with E-state index in [1.165, 1.54) is 16.7 Å². The number of hydrogen-bond donors (Lipinski definition) is 2. The summed E-state index contributed by atoms with van der Waals surface area (Å²) in [5.41, 5.74) is 17.6. The first-order valence-electron chi connectivity index (χ1n) is 10.4. The van der Waals surface area contributed by atoms with Crippen molar-refractivity contribution >= 4 is 11.5 Å². The van der Waals surface area contributed by atoms with Crippen LogP contribution in [-0.2, 0) is 17.6 Å². The van der Waals surface area contributed by atoms with Gasteiger partial charge in [0.25, 0.3) is 0 Å². The maximum absolute atomic E-state index is 11.4. The van der Waals surface area contributed by atoms with Crippen LogP contribution in [0.5, 0.6) is 5.75 Å². The summed E-state index contributed by atoms with van der Waals surface area (Å²) in [4.78, 5) is 13.9. The molecule has 1 fully saturated rings. The highest BCUT2D eigenvalue weighted by Gasteiger charge is 2.40. The molecule has 2 aromatic rings. The Morgan fingerprint density at radius 2 is 2.03 bits per heavy atom. The summed E-state index contributed by atoms with van der Waals surface area (Å²) in [6.45, 7) is 1.95. The molecule has 0 radical (unpaired) electrons. The number of carbonyl (C=O) groups excluding carboxylic acids is 1. The molecule has 1 saturated heterocycles. The Kier molecular flexibility index (Phi) is 4.64. The highest BCUT2D eigenvalue weighted by atomic mass is 16.5. The fraction of sp³-hybridized carbons (Fsp3) is 0.375. The van der Waals surface area contributed by atoms with Gasteiger partial charge < -0.3 is 16.2 Å². The number of likely N-dealkylation sites (tertiary alicyclic amines) is 1. The molecule has 29 heavy (non-hydrogen) atoms. The van der Waals surface area contributed by atoms with Gasteiger partial charge in [0.2, 0.25) is 5.91 Å². The van der Waals surface area contributed by atoms with Crippen molar-refractivity contribution in [3.8, 4) is 5.75 Å². The van der Waals surface area contributed by atoms with Gasteiger partial charge in [-0.2, -0.15) is 0 Å². The summed E-state index contributed by atoms with van der Waals surface area (Å²) in [6.07, 6.45) is 5.23. The van der Waals surface area contributed by atoms with E-state index in [-0.39, 0.29) is 24.5 Å². The van der Waals surface area contributed by atoms with Crippen LogP contribution in [0.3, 0.4) is 0 Å². The normalized spacial score (nSPS) is 25.6. The van der Waals surface area contributed by atoms with Crippen molar-refractivity contribution < 1.29 is 9.53 Å². The van der Waals surface area contributed by atoms with Gasteiger partial charge in [0, 0.05) is 19.1 Å². The number of allylic oxidation sites excluding steroid dienone is 1. The Hall–Kier alpha value is -2.63. The number of carbonyl (C=O) groups is 1. The fourth-order valence-electron chi connectivity index (χ4n) is 5.07. The van der Waals surface area contributed by atoms with Gasteiger partial charge in [0.05, 0.1) is 12.5 Å². The predicted molar refractivity (Wildman–Crippen MR) is 113 cm³/mol. The zero-order valence-corrected chi connectivity index (χ0v) is 16.5. The van der Waals surface area contributed by atoms with Crippen LogP contribution in [0.2, 0.25) is 0 Å². The number of nitrogens with zero attached hydrogens (tertiary/aromatic N) is 1. The van der Waals surface area contributed by atoms with E-state index in [0.717, 1.165) is 49.2 Å². The summed E-state index contributed by atoms with van der Waals surface area (Å²) in [6, 6.07) is 15.4. The summed E-state index contributed by atoms with van der Waals surface area (Å²) in [7, 11) is 0. The molecule has 0 saturated carbocycles. The summed E-state index contributed by atoms with van der Waals surface area (Å²) in [5, 5.41) is 0. The Morgan fingerprint density at radius 3 is 2.83 bits per heavy atom. The molecule has 1 unspecified atom stereocenters. The molecule has 1 amide bonds. The maximum atomic E-state index is 11.4. The van der Waals surface area contributed by atoms with Crippen molar-refractivity contribution in [2.24, 2.45) is 11.5 Å². The average Bonchev–Trinajstić information content (AvgIpc) is 3.40. The largest absolute Gasteiger partial charge is 0.484 e. The van der Waals surface area contributed by atoms with Crippen LogP contribution in [0, 0.1) is 0 Å². The third-order valence-corrected chi connectivity index (χ3v) is 6.49. The van der Waals surface area contributed by atoms with E-state index in [9.17, 15) is 4.79 Å². The molecule has 5 rings (SSSR count). The van der Waals surface area contributed by atoms with Gasteiger partial charge in [0.15, 0.2) is 0 Å². The lowest BCUT2D eigenvalue weighted by Crippen LogP contribution is -2.40. The Bertz CT molecular complexity index is 984. The second kappa shape index (κ2) is 7.32. The minimum absolute atomic E-state index is 0.0143. The minimum Gasteiger partial charge on any atom is -0.484 e. The van der Waals surface area contributed by atoms with Gasteiger partial charge in [-0.3, -0.25) is 9.69 Å². The molecule has 150 valence electrons. The SMILES string of the molecule is NC(=O)CC1=CCc2ccc(O[C@@H]3c4ccccc4C[C@H]3N3CCC(N)C3)cc21. The van der Waals surface area contributed by atoms with E-state index in [2.05, 4.69) is 47.4 Å². The van der Waals surface area contributed by atoms with Gasteiger partial charge in [-0.15, -0.1) is 0 Å². The zero-order chi connectivity index (χ0) is 20.0. The van der Waals surface area contributed by atoms with Crippen LogP contribution >= 0.6 is 0 Å². The van der Waals surface area contributed by atoms with E-state index in [1.54, 1.807) is 0 Å². The highest BCUT2D eigenvalue weighted by Crippen LogP contribution is 2.40. The highest BCUT2D eigenvalue weighted by molar-refractivity contribution is 5.90. The molecule has 2 aliphatic carbocycles. The zero-order valence-electron chi connectivity index (χ0n) is 16.5. The van der Waals surface area contributed by atoms with Gasteiger partial charge >= 0.3 is 0 Å². The quantitative estimate of drug-likeness (QED) is 0.824. The first-order chi connectivity index (χ1) is 14.1. The Balaban J connectivity index is 1.43. The maximum Gasteiger partial charge on any atom is 0.221 e. The number of fused-ring (bicyclic) bond motifs is 2. The molecular formula is C24H27N3O2. The van der Waals surface area contributed by atoms with Crippen molar-refractivity contribution in [1.29, 1.82) is 0 Å². The third kappa shape index (κ3) is 3.45. The average molecular weight is 389 g/mol. The lowest BCUT2D eigenvalue weighted by Gasteiger charge is -2.30.